The molecule has 5 nitrogen and oxygen atoms in total. The molecule has 1 N–H and O–H groups in total. The molecule has 0 atom stereocenters. The number of benzene rings is 2. The first-order chi connectivity index (χ1) is 12.8. The maximum atomic E-state index is 14.1. The summed E-state index contributed by atoms with van der Waals surface area (Å²) in [5.41, 5.74) is 2.40. The van der Waals surface area contributed by atoms with Crippen LogP contribution < -0.4 is 5.32 Å². The van der Waals surface area contributed by atoms with Gasteiger partial charge >= 0.3 is 0 Å². The van der Waals surface area contributed by atoms with Gasteiger partial charge < -0.3 is 15.1 Å². The molecule has 0 fully saturated rings. The van der Waals surface area contributed by atoms with E-state index in [1.54, 1.807) is 41.3 Å². The summed E-state index contributed by atoms with van der Waals surface area (Å²) in [5.74, 6) is -0.729. The Hall–Kier alpha value is -2.73. The fraction of sp³-hybridized carbons (Fsp3) is 0.333. The van der Waals surface area contributed by atoms with Gasteiger partial charge in [0.2, 0.25) is 5.91 Å². The molecule has 0 aliphatic heterocycles. The van der Waals surface area contributed by atoms with E-state index in [2.05, 4.69) is 5.32 Å². The predicted molar refractivity (Wildman–Crippen MR) is 105 cm³/mol. The van der Waals surface area contributed by atoms with Crippen molar-refractivity contribution in [1.29, 1.82) is 0 Å². The first-order valence-electron chi connectivity index (χ1n) is 8.83. The molecule has 0 bridgehead atoms. The van der Waals surface area contributed by atoms with Crippen molar-refractivity contribution in [2.75, 3.05) is 32.5 Å². The number of anilines is 1. The highest BCUT2D eigenvalue weighted by Crippen LogP contribution is 2.19. The average Bonchev–Trinajstić information content (AvgIpc) is 2.61. The normalized spacial score (nSPS) is 10.7. The van der Waals surface area contributed by atoms with Crippen LogP contribution in [0.1, 0.15) is 28.4 Å². The number of amides is 2. The molecule has 6 heteroatoms. The van der Waals surface area contributed by atoms with Gasteiger partial charge in [0.25, 0.3) is 5.91 Å². The van der Waals surface area contributed by atoms with Gasteiger partial charge in [-0.1, -0.05) is 24.3 Å². The van der Waals surface area contributed by atoms with E-state index in [1.807, 2.05) is 25.9 Å². The lowest BCUT2D eigenvalue weighted by molar-refractivity contribution is -0.114. The molecular formula is C21H26FN3O2. The Morgan fingerprint density at radius 1 is 1.07 bits per heavy atom. The molecule has 0 unspecified atom stereocenters. The summed E-state index contributed by atoms with van der Waals surface area (Å²) in [5, 5.41) is 2.74. The van der Waals surface area contributed by atoms with E-state index in [0.717, 1.165) is 5.56 Å². The third kappa shape index (κ3) is 5.89. The van der Waals surface area contributed by atoms with Gasteiger partial charge in [-0.3, -0.25) is 9.59 Å². The molecule has 0 aromatic heterocycles. The number of hydrogen-bond acceptors (Lipinski definition) is 3. The Bertz CT molecular complexity index is 821. The number of aryl methyl sites for hydroxylation is 1. The topological polar surface area (TPSA) is 52.7 Å². The Morgan fingerprint density at radius 3 is 2.41 bits per heavy atom. The lowest BCUT2D eigenvalue weighted by Crippen LogP contribution is -2.36. The molecule has 27 heavy (non-hydrogen) atoms. The van der Waals surface area contributed by atoms with Gasteiger partial charge in [0.15, 0.2) is 0 Å². The zero-order valence-corrected chi connectivity index (χ0v) is 16.3. The Morgan fingerprint density at radius 2 is 1.78 bits per heavy atom. The second-order valence-electron chi connectivity index (χ2n) is 6.83. The summed E-state index contributed by atoms with van der Waals surface area (Å²) in [7, 11) is 3.85. The van der Waals surface area contributed by atoms with E-state index >= 15 is 0 Å². The van der Waals surface area contributed by atoms with Crippen molar-refractivity contribution in [1.82, 2.24) is 9.80 Å². The van der Waals surface area contributed by atoms with Crippen LogP contribution in [0.25, 0.3) is 0 Å². The van der Waals surface area contributed by atoms with Gasteiger partial charge in [-0.25, -0.2) is 4.39 Å². The van der Waals surface area contributed by atoms with Crippen LogP contribution in [-0.2, 0) is 11.3 Å². The minimum absolute atomic E-state index is 0.183. The molecule has 0 saturated heterocycles. The van der Waals surface area contributed by atoms with Crippen LogP contribution in [0.2, 0.25) is 0 Å². The van der Waals surface area contributed by atoms with Gasteiger partial charge in [-0.15, -0.1) is 0 Å². The highest BCUT2D eigenvalue weighted by molar-refractivity contribution is 5.97. The number of hydrogen-bond donors (Lipinski definition) is 1. The van der Waals surface area contributed by atoms with Gasteiger partial charge in [0.05, 0.1) is 0 Å². The molecule has 2 rings (SSSR count). The average molecular weight is 371 g/mol. The molecule has 144 valence electrons. The maximum Gasteiger partial charge on any atom is 0.254 e. The van der Waals surface area contributed by atoms with Crippen LogP contribution in [-0.4, -0.2) is 48.8 Å². The van der Waals surface area contributed by atoms with E-state index in [0.29, 0.717) is 29.9 Å². The monoisotopic (exact) mass is 371 g/mol. The van der Waals surface area contributed by atoms with E-state index < -0.39 is 0 Å². The van der Waals surface area contributed by atoms with E-state index in [4.69, 9.17) is 0 Å². The molecule has 0 heterocycles. The van der Waals surface area contributed by atoms with Gasteiger partial charge in [-0.2, -0.15) is 0 Å². The first-order valence-corrected chi connectivity index (χ1v) is 8.83. The number of nitrogens with zero attached hydrogens (tertiary/aromatic N) is 2. The second kappa shape index (κ2) is 9.28. The number of carbonyl (C=O) groups excluding carboxylic acids is 2. The minimum Gasteiger partial charge on any atom is -0.333 e. The second-order valence-corrected chi connectivity index (χ2v) is 6.83. The van der Waals surface area contributed by atoms with Crippen molar-refractivity contribution >= 4 is 17.5 Å². The SMILES string of the molecule is CC(=O)Nc1cc(C(=O)N(CCN(C)C)Cc2ccccc2F)ccc1C. The van der Waals surface area contributed by atoms with Crippen molar-refractivity contribution in [2.45, 2.75) is 20.4 Å². The summed E-state index contributed by atoms with van der Waals surface area (Å²) in [6.07, 6.45) is 0. The summed E-state index contributed by atoms with van der Waals surface area (Å²) in [6, 6.07) is 11.7. The third-order valence-electron chi connectivity index (χ3n) is 4.22. The van der Waals surface area contributed by atoms with Crippen molar-refractivity contribution in [3.63, 3.8) is 0 Å². The van der Waals surface area contributed by atoms with Crippen molar-refractivity contribution in [2.24, 2.45) is 0 Å². The predicted octanol–water partition coefficient (Wildman–Crippen LogP) is 3.30. The number of nitrogens with one attached hydrogen (secondary N) is 1. The Labute approximate surface area is 159 Å². The highest BCUT2D eigenvalue weighted by atomic mass is 19.1. The summed E-state index contributed by atoms with van der Waals surface area (Å²) in [4.78, 5) is 28.1. The quantitative estimate of drug-likeness (QED) is 0.813. The molecule has 0 aliphatic carbocycles. The lowest BCUT2D eigenvalue weighted by atomic mass is 10.1. The molecule has 2 amide bonds. The number of rotatable bonds is 7. The van der Waals surface area contributed by atoms with Crippen LogP contribution in [0, 0.1) is 12.7 Å². The summed E-state index contributed by atoms with van der Waals surface area (Å²) < 4.78 is 14.1. The molecule has 2 aromatic carbocycles. The van der Waals surface area contributed by atoms with Crippen LogP contribution >= 0.6 is 0 Å². The van der Waals surface area contributed by atoms with Crippen molar-refractivity contribution < 1.29 is 14.0 Å². The number of halogens is 1. The number of carbonyl (C=O) groups is 2. The standard InChI is InChI=1S/C21H26FN3O2/c1-15-9-10-17(13-20(15)23-16(2)26)21(27)25(12-11-24(3)4)14-18-7-5-6-8-19(18)22/h5-10,13H,11-12,14H2,1-4H3,(H,23,26). The fourth-order valence-corrected chi connectivity index (χ4v) is 2.67. The zero-order valence-electron chi connectivity index (χ0n) is 16.3. The Kier molecular flexibility index (Phi) is 7.07. The van der Waals surface area contributed by atoms with Gasteiger partial charge in [-0.05, 0) is 44.8 Å². The van der Waals surface area contributed by atoms with Crippen LogP contribution in [0.5, 0.6) is 0 Å². The van der Waals surface area contributed by atoms with Gasteiger partial charge in [0, 0.05) is 43.4 Å². The fourth-order valence-electron chi connectivity index (χ4n) is 2.67. The summed E-state index contributed by atoms with van der Waals surface area (Å²) >= 11 is 0. The Balaban J connectivity index is 2.30. The first kappa shape index (κ1) is 20.6. The molecule has 0 aliphatic rings. The van der Waals surface area contributed by atoms with Gasteiger partial charge in [0.1, 0.15) is 5.82 Å². The smallest absolute Gasteiger partial charge is 0.254 e. The van der Waals surface area contributed by atoms with E-state index in [-0.39, 0.29) is 24.2 Å². The third-order valence-corrected chi connectivity index (χ3v) is 4.22. The zero-order chi connectivity index (χ0) is 20.0. The molecule has 0 saturated carbocycles. The molecule has 0 spiro atoms. The highest BCUT2D eigenvalue weighted by Gasteiger charge is 2.19. The minimum atomic E-state index is -0.331. The molecule has 0 radical (unpaired) electrons. The van der Waals surface area contributed by atoms with Crippen LogP contribution in [0.3, 0.4) is 0 Å². The molecule has 2 aromatic rings. The van der Waals surface area contributed by atoms with Crippen LogP contribution in [0.15, 0.2) is 42.5 Å². The largest absolute Gasteiger partial charge is 0.333 e. The number of likely N-dealkylation sites (N-methyl/N-ethyl adjacent to an activating group) is 1. The van der Waals surface area contributed by atoms with E-state index in [9.17, 15) is 14.0 Å². The maximum absolute atomic E-state index is 14.1. The molecular weight excluding hydrogens is 345 g/mol. The lowest BCUT2D eigenvalue weighted by Gasteiger charge is -2.25. The van der Waals surface area contributed by atoms with E-state index in [1.165, 1.54) is 13.0 Å². The summed E-state index contributed by atoms with van der Waals surface area (Å²) in [6.45, 7) is 4.59. The van der Waals surface area contributed by atoms with Crippen molar-refractivity contribution in [3.8, 4) is 0 Å². The van der Waals surface area contributed by atoms with Crippen LogP contribution in [0.4, 0.5) is 10.1 Å². The van der Waals surface area contributed by atoms with Crippen molar-refractivity contribution in [3.05, 3.63) is 65.0 Å².